The predicted octanol–water partition coefficient (Wildman–Crippen LogP) is 0.911. The maximum atomic E-state index is 11.7. The monoisotopic (exact) mass is 260 g/mol. The lowest BCUT2D eigenvalue weighted by molar-refractivity contribution is -0.136. The Labute approximate surface area is 91.9 Å². The number of morpholine rings is 1. The largest absolute Gasteiger partial charge is 0.360 e. The van der Waals surface area contributed by atoms with Crippen molar-refractivity contribution < 1.29 is 9.53 Å². The molecule has 0 spiro atoms. The van der Waals surface area contributed by atoms with Crippen LogP contribution in [0.1, 0.15) is 13.3 Å². The third-order valence-corrected chi connectivity index (χ3v) is 3.19. The SMILES string of the molecule is CCC(Br)C(=O)N1CCOC(C#N)C1. The maximum absolute atomic E-state index is 11.7. The summed E-state index contributed by atoms with van der Waals surface area (Å²) in [6.45, 7) is 3.36. The van der Waals surface area contributed by atoms with Crippen LogP contribution >= 0.6 is 15.9 Å². The molecule has 0 aromatic rings. The molecule has 2 atom stereocenters. The number of carbonyl (C=O) groups is 1. The first-order chi connectivity index (χ1) is 6.69. The summed E-state index contributed by atoms with van der Waals surface area (Å²) in [5, 5.41) is 8.66. The molecule has 1 aliphatic heterocycles. The van der Waals surface area contributed by atoms with Gasteiger partial charge in [0.05, 0.1) is 24.0 Å². The number of nitrogens with zero attached hydrogens (tertiary/aromatic N) is 2. The van der Waals surface area contributed by atoms with Gasteiger partial charge in [0.25, 0.3) is 0 Å². The predicted molar refractivity (Wildman–Crippen MR) is 54.9 cm³/mol. The molecule has 1 saturated heterocycles. The van der Waals surface area contributed by atoms with Crippen molar-refractivity contribution in [2.45, 2.75) is 24.3 Å². The highest BCUT2D eigenvalue weighted by atomic mass is 79.9. The summed E-state index contributed by atoms with van der Waals surface area (Å²) in [5.41, 5.74) is 0. The summed E-state index contributed by atoms with van der Waals surface area (Å²) in [4.78, 5) is 13.2. The summed E-state index contributed by atoms with van der Waals surface area (Å²) in [7, 11) is 0. The summed E-state index contributed by atoms with van der Waals surface area (Å²) in [5.74, 6) is 0.0519. The molecular formula is C9H13BrN2O2. The normalized spacial score (nSPS) is 24.1. The second-order valence-corrected chi connectivity index (χ2v) is 4.25. The van der Waals surface area contributed by atoms with Crippen molar-refractivity contribution in [1.29, 1.82) is 5.26 Å². The van der Waals surface area contributed by atoms with Gasteiger partial charge in [-0.15, -0.1) is 0 Å². The number of hydrogen-bond acceptors (Lipinski definition) is 3. The lowest BCUT2D eigenvalue weighted by Crippen LogP contribution is -2.47. The molecule has 2 unspecified atom stereocenters. The Hall–Kier alpha value is -0.600. The molecule has 5 heteroatoms. The Morgan fingerprint density at radius 3 is 3.14 bits per heavy atom. The molecule has 78 valence electrons. The number of amides is 1. The fourth-order valence-electron chi connectivity index (χ4n) is 1.30. The lowest BCUT2D eigenvalue weighted by Gasteiger charge is -2.31. The molecule has 0 N–H and O–H groups in total. The first kappa shape index (κ1) is 11.5. The number of nitriles is 1. The molecule has 1 aliphatic rings. The Morgan fingerprint density at radius 2 is 2.57 bits per heavy atom. The molecule has 0 bridgehead atoms. The molecule has 1 amide bonds. The zero-order valence-electron chi connectivity index (χ0n) is 8.07. The van der Waals surface area contributed by atoms with Gasteiger partial charge in [-0.05, 0) is 6.42 Å². The molecule has 0 aromatic heterocycles. The van der Waals surface area contributed by atoms with Gasteiger partial charge in [-0.1, -0.05) is 22.9 Å². The fraction of sp³-hybridized carbons (Fsp3) is 0.778. The van der Waals surface area contributed by atoms with Gasteiger partial charge in [0.1, 0.15) is 0 Å². The Balaban J connectivity index is 2.52. The minimum atomic E-state index is -0.468. The smallest absolute Gasteiger partial charge is 0.236 e. The van der Waals surface area contributed by atoms with E-state index in [2.05, 4.69) is 15.9 Å². The molecule has 1 rings (SSSR count). The third kappa shape index (κ3) is 2.69. The third-order valence-electron chi connectivity index (χ3n) is 2.15. The Kier molecular flexibility index (Phi) is 4.36. The molecule has 0 aromatic carbocycles. The molecular weight excluding hydrogens is 248 g/mol. The number of hydrogen-bond donors (Lipinski definition) is 0. The quantitative estimate of drug-likeness (QED) is 0.694. The highest BCUT2D eigenvalue weighted by Crippen LogP contribution is 2.12. The number of rotatable bonds is 2. The Bertz CT molecular complexity index is 252. The minimum Gasteiger partial charge on any atom is -0.360 e. The van der Waals surface area contributed by atoms with Gasteiger partial charge in [-0.2, -0.15) is 5.26 Å². The van der Waals surface area contributed by atoms with Crippen LogP contribution < -0.4 is 0 Å². The second-order valence-electron chi connectivity index (χ2n) is 3.15. The van der Waals surface area contributed by atoms with Crippen molar-refractivity contribution in [2.24, 2.45) is 0 Å². The maximum Gasteiger partial charge on any atom is 0.236 e. The highest BCUT2D eigenvalue weighted by Gasteiger charge is 2.26. The average molecular weight is 261 g/mol. The molecule has 1 heterocycles. The van der Waals surface area contributed by atoms with E-state index < -0.39 is 6.10 Å². The van der Waals surface area contributed by atoms with Crippen LogP contribution in [0.15, 0.2) is 0 Å². The summed E-state index contributed by atoms with van der Waals surface area (Å²) < 4.78 is 5.15. The second kappa shape index (κ2) is 5.32. The van der Waals surface area contributed by atoms with E-state index in [1.165, 1.54) is 0 Å². The average Bonchev–Trinajstić information content (AvgIpc) is 2.27. The van der Waals surface area contributed by atoms with E-state index in [4.69, 9.17) is 10.00 Å². The molecule has 0 saturated carbocycles. The first-order valence-corrected chi connectivity index (χ1v) is 5.54. The first-order valence-electron chi connectivity index (χ1n) is 4.63. The van der Waals surface area contributed by atoms with Crippen LogP contribution in [0, 0.1) is 11.3 Å². The number of halogens is 1. The van der Waals surface area contributed by atoms with Gasteiger partial charge in [-0.25, -0.2) is 0 Å². The summed E-state index contributed by atoms with van der Waals surface area (Å²) in [6, 6.07) is 2.01. The lowest BCUT2D eigenvalue weighted by atomic mass is 10.2. The molecule has 1 fully saturated rings. The fourth-order valence-corrected chi connectivity index (χ4v) is 1.59. The minimum absolute atomic E-state index is 0.0519. The van der Waals surface area contributed by atoms with Gasteiger partial charge in [-0.3, -0.25) is 4.79 Å². The van der Waals surface area contributed by atoms with Crippen LogP contribution in [0.4, 0.5) is 0 Å². The van der Waals surface area contributed by atoms with E-state index in [9.17, 15) is 4.79 Å². The van der Waals surface area contributed by atoms with Crippen molar-refractivity contribution in [3.05, 3.63) is 0 Å². The summed E-state index contributed by atoms with van der Waals surface area (Å²) in [6.07, 6.45) is 0.289. The van der Waals surface area contributed by atoms with Crippen molar-refractivity contribution in [3.63, 3.8) is 0 Å². The topological polar surface area (TPSA) is 53.3 Å². The zero-order valence-corrected chi connectivity index (χ0v) is 9.66. The van der Waals surface area contributed by atoms with Crippen molar-refractivity contribution >= 4 is 21.8 Å². The molecule has 0 aliphatic carbocycles. The standard InChI is InChI=1S/C9H13BrN2O2/c1-2-8(10)9(13)12-3-4-14-7(5-11)6-12/h7-8H,2-4,6H2,1H3. The van der Waals surface area contributed by atoms with Crippen LogP contribution in [0.5, 0.6) is 0 Å². The number of carbonyl (C=O) groups excluding carboxylic acids is 1. The molecule has 4 nitrogen and oxygen atoms in total. The van der Waals surface area contributed by atoms with Crippen molar-refractivity contribution in [3.8, 4) is 6.07 Å². The van der Waals surface area contributed by atoms with Crippen LogP contribution in [0.25, 0.3) is 0 Å². The van der Waals surface area contributed by atoms with E-state index in [1.54, 1.807) is 4.90 Å². The van der Waals surface area contributed by atoms with Gasteiger partial charge >= 0.3 is 0 Å². The van der Waals surface area contributed by atoms with Gasteiger partial charge in [0.15, 0.2) is 6.10 Å². The van der Waals surface area contributed by atoms with E-state index in [1.807, 2.05) is 13.0 Å². The van der Waals surface area contributed by atoms with Crippen LogP contribution in [0.2, 0.25) is 0 Å². The van der Waals surface area contributed by atoms with Crippen molar-refractivity contribution in [1.82, 2.24) is 4.90 Å². The van der Waals surface area contributed by atoms with Gasteiger partial charge in [0, 0.05) is 6.54 Å². The zero-order chi connectivity index (χ0) is 10.6. The van der Waals surface area contributed by atoms with E-state index in [0.717, 1.165) is 6.42 Å². The van der Waals surface area contributed by atoms with E-state index in [-0.39, 0.29) is 10.7 Å². The summed E-state index contributed by atoms with van der Waals surface area (Å²) >= 11 is 3.30. The highest BCUT2D eigenvalue weighted by molar-refractivity contribution is 9.10. The van der Waals surface area contributed by atoms with Gasteiger partial charge < -0.3 is 9.64 Å². The van der Waals surface area contributed by atoms with E-state index >= 15 is 0 Å². The number of ether oxygens (including phenoxy) is 1. The van der Waals surface area contributed by atoms with Crippen LogP contribution in [-0.4, -0.2) is 41.4 Å². The number of alkyl halides is 1. The van der Waals surface area contributed by atoms with E-state index in [0.29, 0.717) is 19.7 Å². The molecule has 14 heavy (non-hydrogen) atoms. The Morgan fingerprint density at radius 1 is 1.86 bits per heavy atom. The van der Waals surface area contributed by atoms with Gasteiger partial charge in [0.2, 0.25) is 5.91 Å². The van der Waals surface area contributed by atoms with Crippen LogP contribution in [0.3, 0.4) is 0 Å². The van der Waals surface area contributed by atoms with Crippen molar-refractivity contribution in [2.75, 3.05) is 19.7 Å². The molecule has 0 radical (unpaired) electrons. The van der Waals surface area contributed by atoms with Crippen LogP contribution in [-0.2, 0) is 9.53 Å².